The summed E-state index contributed by atoms with van der Waals surface area (Å²) in [5.74, 6) is 6.89. The first kappa shape index (κ1) is 17.0. The van der Waals surface area contributed by atoms with Gasteiger partial charge in [-0.05, 0) is 37.6 Å². The van der Waals surface area contributed by atoms with Gasteiger partial charge in [-0.3, -0.25) is 9.78 Å². The minimum absolute atomic E-state index is 0.106. The average molecular weight is 335 g/mol. The molecule has 2 aromatic rings. The summed E-state index contributed by atoms with van der Waals surface area (Å²) in [6, 6.07) is 11.3. The lowest BCUT2D eigenvalue weighted by atomic mass is 10.2. The van der Waals surface area contributed by atoms with Crippen LogP contribution in [0.25, 0.3) is 0 Å². The Labute approximate surface area is 147 Å². The second-order valence-electron chi connectivity index (χ2n) is 5.80. The maximum atomic E-state index is 11.9. The monoisotopic (exact) mass is 335 g/mol. The van der Waals surface area contributed by atoms with E-state index in [4.69, 9.17) is 4.74 Å². The normalized spacial score (nSPS) is 15.9. The zero-order chi connectivity index (χ0) is 17.3. The molecule has 1 aromatic carbocycles. The summed E-state index contributed by atoms with van der Waals surface area (Å²) in [6.45, 7) is 1.84. The molecule has 1 amide bonds. The van der Waals surface area contributed by atoms with Crippen molar-refractivity contribution in [1.29, 1.82) is 0 Å². The Balaban J connectivity index is 1.45. The van der Waals surface area contributed by atoms with Gasteiger partial charge >= 0.3 is 0 Å². The molecule has 0 radical (unpaired) electrons. The molecule has 0 bridgehead atoms. The number of amides is 1. The van der Waals surface area contributed by atoms with Crippen molar-refractivity contribution in [2.75, 3.05) is 19.7 Å². The van der Waals surface area contributed by atoms with E-state index in [1.54, 1.807) is 24.5 Å². The SMILES string of the molecule is O=C(NCCOc1cncc(C#C[C@H]2CCCN2)c1)c1ccccc1. The van der Waals surface area contributed by atoms with Crippen LogP contribution >= 0.6 is 0 Å². The van der Waals surface area contributed by atoms with Crippen molar-refractivity contribution in [1.82, 2.24) is 15.6 Å². The maximum absolute atomic E-state index is 11.9. The van der Waals surface area contributed by atoms with Crippen molar-refractivity contribution in [3.63, 3.8) is 0 Å². The highest BCUT2D eigenvalue weighted by molar-refractivity contribution is 5.94. The highest BCUT2D eigenvalue weighted by Gasteiger charge is 2.10. The quantitative estimate of drug-likeness (QED) is 0.648. The summed E-state index contributed by atoms with van der Waals surface area (Å²) in [5, 5.41) is 6.17. The summed E-state index contributed by atoms with van der Waals surface area (Å²) in [5.41, 5.74) is 1.47. The minimum Gasteiger partial charge on any atom is -0.490 e. The number of aromatic nitrogens is 1. The lowest BCUT2D eigenvalue weighted by molar-refractivity contribution is 0.0947. The van der Waals surface area contributed by atoms with Crippen LogP contribution in [0.5, 0.6) is 5.75 Å². The van der Waals surface area contributed by atoms with Crippen LogP contribution < -0.4 is 15.4 Å². The molecule has 0 saturated carbocycles. The van der Waals surface area contributed by atoms with Crippen LogP contribution in [0.15, 0.2) is 48.8 Å². The van der Waals surface area contributed by atoms with E-state index < -0.39 is 0 Å². The van der Waals surface area contributed by atoms with Crippen molar-refractivity contribution in [2.45, 2.75) is 18.9 Å². The van der Waals surface area contributed by atoms with Gasteiger partial charge in [0.1, 0.15) is 12.4 Å². The molecule has 2 N–H and O–H groups in total. The van der Waals surface area contributed by atoms with E-state index in [9.17, 15) is 4.79 Å². The number of nitrogens with one attached hydrogen (secondary N) is 2. The van der Waals surface area contributed by atoms with Gasteiger partial charge in [-0.25, -0.2) is 0 Å². The summed E-state index contributed by atoms with van der Waals surface area (Å²) in [7, 11) is 0. The predicted octanol–water partition coefficient (Wildman–Crippen LogP) is 1.99. The highest BCUT2D eigenvalue weighted by atomic mass is 16.5. The first-order valence-electron chi connectivity index (χ1n) is 8.47. The maximum Gasteiger partial charge on any atom is 0.251 e. The average Bonchev–Trinajstić information content (AvgIpc) is 3.18. The van der Waals surface area contributed by atoms with Crippen LogP contribution in [0.3, 0.4) is 0 Å². The zero-order valence-electron chi connectivity index (χ0n) is 14.0. The van der Waals surface area contributed by atoms with Gasteiger partial charge in [0.2, 0.25) is 0 Å². The number of carbonyl (C=O) groups is 1. The molecule has 3 rings (SSSR count). The van der Waals surface area contributed by atoms with E-state index in [0.29, 0.717) is 24.5 Å². The van der Waals surface area contributed by atoms with Gasteiger partial charge < -0.3 is 15.4 Å². The Morgan fingerprint density at radius 3 is 3.00 bits per heavy atom. The highest BCUT2D eigenvalue weighted by Crippen LogP contribution is 2.11. The second-order valence-corrected chi connectivity index (χ2v) is 5.80. The molecule has 0 spiro atoms. The van der Waals surface area contributed by atoms with Gasteiger partial charge in [-0.1, -0.05) is 30.0 Å². The summed E-state index contributed by atoms with van der Waals surface area (Å²) in [4.78, 5) is 16.1. The molecule has 1 fully saturated rings. The number of nitrogens with zero attached hydrogens (tertiary/aromatic N) is 1. The molecule has 1 aliphatic heterocycles. The molecule has 0 unspecified atom stereocenters. The molecule has 0 aliphatic carbocycles. The third-order valence-electron chi connectivity index (χ3n) is 3.86. The van der Waals surface area contributed by atoms with Crippen molar-refractivity contribution < 1.29 is 9.53 Å². The molecule has 1 atom stereocenters. The van der Waals surface area contributed by atoms with E-state index in [1.165, 1.54) is 6.42 Å². The number of carbonyl (C=O) groups excluding carboxylic acids is 1. The molecule has 5 heteroatoms. The van der Waals surface area contributed by atoms with Gasteiger partial charge in [0, 0.05) is 17.3 Å². The third-order valence-corrected chi connectivity index (χ3v) is 3.86. The molecular formula is C20H21N3O2. The number of ether oxygens (including phenoxy) is 1. The first-order valence-corrected chi connectivity index (χ1v) is 8.47. The molecule has 5 nitrogen and oxygen atoms in total. The number of hydrogen-bond donors (Lipinski definition) is 2. The molecule has 1 aromatic heterocycles. The topological polar surface area (TPSA) is 63.2 Å². The van der Waals surface area contributed by atoms with Gasteiger partial charge in [-0.2, -0.15) is 0 Å². The second kappa shape index (κ2) is 8.86. The standard InChI is InChI=1S/C20H21N3O2/c24-20(17-5-2-1-3-6-17)23-11-12-25-19-13-16(14-21-15-19)8-9-18-7-4-10-22-18/h1-3,5-6,13-15,18,22H,4,7,10-12H2,(H,23,24)/t18-/m1/s1. The third kappa shape index (κ3) is 5.33. The van der Waals surface area contributed by atoms with Gasteiger partial charge in [0.05, 0.1) is 18.8 Å². The van der Waals surface area contributed by atoms with Crippen molar-refractivity contribution in [2.24, 2.45) is 0 Å². The van der Waals surface area contributed by atoms with Gasteiger partial charge in [0.15, 0.2) is 0 Å². The number of hydrogen-bond acceptors (Lipinski definition) is 4. The summed E-state index contributed by atoms with van der Waals surface area (Å²) >= 11 is 0. The fraction of sp³-hybridized carbons (Fsp3) is 0.300. The van der Waals surface area contributed by atoms with Crippen molar-refractivity contribution in [3.8, 4) is 17.6 Å². The Hall–Kier alpha value is -2.84. The van der Waals surface area contributed by atoms with E-state index in [2.05, 4.69) is 27.5 Å². The predicted molar refractivity (Wildman–Crippen MR) is 96.4 cm³/mol. The van der Waals surface area contributed by atoms with E-state index in [0.717, 1.165) is 18.5 Å². The lowest BCUT2D eigenvalue weighted by Gasteiger charge is -2.08. The van der Waals surface area contributed by atoms with Crippen LogP contribution in [0, 0.1) is 11.8 Å². The van der Waals surface area contributed by atoms with Gasteiger partial charge in [0.25, 0.3) is 5.91 Å². The number of benzene rings is 1. The van der Waals surface area contributed by atoms with Gasteiger partial charge in [-0.15, -0.1) is 0 Å². The number of rotatable bonds is 5. The summed E-state index contributed by atoms with van der Waals surface area (Å²) in [6.07, 6.45) is 5.65. The van der Waals surface area contributed by atoms with E-state index >= 15 is 0 Å². The van der Waals surface area contributed by atoms with E-state index in [1.807, 2.05) is 24.3 Å². The summed E-state index contributed by atoms with van der Waals surface area (Å²) < 4.78 is 5.64. The molecule has 2 heterocycles. The molecule has 1 aliphatic rings. The lowest BCUT2D eigenvalue weighted by Crippen LogP contribution is -2.28. The van der Waals surface area contributed by atoms with Crippen LogP contribution in [0.2, 0.25) is 0 Å². The molecule has 1 saturated heterocycles. The largest absolute Gasteiger partial charge is 0.490 e. The molecule has 128 valence electrons. The Kier molecular flexibility index (Phi) is 6.02. The van der Waals surface area contributed by atoms with E-state index in [-0.39, 0.29) is 11.9 Å². The Bertz CT molecular complexity index is 759. The van der Waals surface area contributed by atoms with Crippen LogP contribution in [0.4, 0.5) is 0 Å². The fourth-order valence-electron chi connectivity index (χ4n) is 2.57. The number of pyridine rings is 1. The Morgan fingerprint density at radius 2 is 2.20 bits per heavy atom. The minimum atomic E-state index is -0.106. The molecule has 25 heavy (non-hydrogen) atoms. The fourth-order valence-corrected chi connectivity index (χ4v) is 2.57. The van der Waals surface area contributed by atoms with Crippen molar-refractivity contribution >= 4 is 5.91 Å². The van der Waals surface area contributed by atoms with Crippen LogP contribution in [-0.4, -0.2) is 36.6 Å². The molecular weight excluding hydrogens is 314 g/mol. The van der Waals surface area contributed by atoms with Crippen molar-refractivity contribution in [3.05, 3.63) is 59.9 Å². The van der Waals surface area contributed by atoms with Crippen LogP contribution in [0.1, 0.15) is 28.8 Å². The Morgan fingerprint density at radius 1 is 1.32 bits per heavy atom. The smallest absolute Gasteiger partial charge is 0.251 e. The van der Waals surface area contributed by atoms with Crippen LogP contribution in [-0.2, 0) is 0 Å². The first-order chi connectivity index (χ1) is 12.3. The zero-order valence-corrected chi connectivity index (χ0v) is 14.0.